The molecule has 1 aromatic rings. The van der Waals surface area contributed by atoms with Crippen molar-refractivity contribution < 1.29 is 14.7 Å². The lowest BCUT2D eigenvalue weighted by Gasteiger charge is -2.20. The van der Waals surface area contributed by atoms with Crippen LogP contribution >= 0.6 is 11.8 Å². The minimum absolute atomic E-state index is 0.0525. The van der Waals surface area contributed by atoms with Crippen molar-refractivity contribution in [2.45, 2.75) is 18.2 Å². The van der Waals surface area contributed by atoms with E-state index in [0.29, 0.717) is 0 Å². The summed E-state index contributed by atoms with van der Waals surface area (Å²) in [6.45, 7) is 1.64. The third kappa shape index (κ3) is 4.11. The first-order chi connectivity index (χ1) is 8.04. The number of thioether (sulfide) groups is 1. The fourth-order valence-corrected chi connectivity index (χ4v) is 1.91. The lowest BCUT2D eigenvalue weighted by molar-refractivity contribution is -0.136. The molecule has 0 unspecified atom stereocenters. The van der Waals surface area contributed by atoms with Gasteiger partial charge in [-0.1, -0.05) is 6.07 Å². The zero-order chi connectivity index (χ0) is 12.8. The highest BCUT2D eigenvalue weighted by atomic mass is 32.2. The van der Waals surface area contributed by atoms with Crippen molar-refractivity contribution in [2.24, 2.45) is 0 Å². The second kappa shape index (κ2) is 6.30. The smallest absolute Gasteiger partial charge is 0.305 e. The molecule has 1 N–H and O–H groups in total. The maximum Gasteiger partial charge on any atom is 0.305 e. The van der Waals surface area contributed by atoms with Crippen molar-refractivity contribution >= 4 is 29.3 Å². The number of hydrogen-bond acceptors (Lipinski definition) is 3. The number of carbonyl (C=O) groups excluding carboxylic acids is 1. The molecule has 0 spiro atoms. The van der Waals surface area contributed by atoms with Crippen molar-refractivity contribution in [1.82, 2.24) is 0 Å². The van der Waals surface area contributed by atoms with Crippen LogP contribution in [0.15, 0.2) is 29.2 Å². The first-order valence-corrected chi connectivity index (χ1v) is 6.41. The van der Waals surface area contributed by atoms with Gasteiger partial charge in [0.1, 0.15) is 0 Å². The van der Waals surface area contributed by atoms with Gasteiger partial charge >= 0.3 is 5.97 Å². The molecule has 0 atom stereocenters. The van der Waals surface area contributed by atoms with Gasteiger partial charge in [0.2, 0.25) is 5.91 Å². The molecule has 0 aliphatic heterocycles. The molecule has 92 valence electrons. The molecule has 0 radical (unpaired) electrons. The SMILES string of the molecule is CSc1cccc(N(CCC(=O)O)C(C)=O)c1. The molecule has 0 fully saturated rings. The number of benzene rings is 1. The van der Waals surface area contributed by atoms with Crippen molar-refractivity contribution in [3.05, 3.63) is 24.3 Å². The predicted octanol–water partition coefficient (Wildman–Crippen LogP) is 2.24. The van der Waals surface area contributed by atoms with Crippen LogP contribution < -0.4 is 4.90 Å². The summed E-state index contributed by atoms with van der Waals surface area (Å²) in [6.07, 6.45) is 1.90. The number of hydrogen-bond donors (Lipinski definition) is 1. The Bertz CT molecular complexity index is 420. The first kappa shape index (κ1) is 13.6. The summed E-state index contributed by atoms with van der Waals surface area (Å²) < 4.78 is 0. The van der Waals surface area contributed by atoms with Crippen LogP contribution in [0.1, 0.15) is 13.3 Å². The number of rotatable bonds is 5. The van der Waals surface area contributed by atoms with Crippen LogP contribution in [-0.2, 0) is 9.59 Å². The quantitative estimate of drug-likeness (QED) is 0.818. The number of aliphatic carboxylic acids is 1. The molecule has 0 heterocycles. The molecule has 1 amide bonds. The molecular formula is C12H15NO3S. The zero-order valence-corrected chi connectivity index (χ0v) is 10.7. The second-order valence-electron chi connectivity index (χ2n) is 3.52. The molecular weight excluding hydrogens is 238 g/mol. The fourth-order valence-electron chi connectivity index (χ4n) is 1.45. The highest BCUT2D eigenvalue weighted by Gasteiger charge is 2.13. The molecule has 1 rings (SSSR count). The van der Waals surface area contributed by atoms with Crippen molar-refractivity contribution in [1.29, 1.82) is 0 Å². The number of amides is 1. The summed E-state index contributed by atoms with van der Waals surface area (Å²) in [4.78, 5) is 24.5. The van der Waals surface area contributed by atoms with Crippen LogP contribution in [0.4, 0.5) is 5.69 Å². The third-order valence-corrected chi connectivity index (χ3v) is 3.02. The molecule has 17 heavy (non-hydrogen) atoms. The van der Waals surface area contributed by atoms with E-state index in [9.17, 15) is 9.59 Å². The Morgan fingerprint density at radius 2 is 2.12 bits per heavy atom. The van der Waals surface area contributed by atoms with Crippen LogP contribution in [0.2, 0.25) is 0 Å². The Morgan fingerprint density at radius 3 is 2.65 bits per heavy atom. The Labute approximate surface area is 105 Å². The summed E-state index contributed by atoms with van der Waals surface area (Å²) in [6, 6.07) is 7.50. The summed E-state index contributed by atoms with van der Waals surface area (Å²) in [5.74, 6) is -1.05. The van der Waals surface area contributed by atoms with Gasteiger partial charge in [0.15, 0.2) is 0 Å². The normalized spacial score (nSPS) is 10.0. The number of carboxylic acids is 1. The van der Waals surface area contributed by atoms with Crippen molar-refractivity contribution in [3.63, 3.8) is 0 Å². The molecule has 4 nitrogen and oxygen atoms in total. The Hall–Kier alpha value is -1.49. The summed E-state index contributed by atoms with van der Waals surface area (Å²) in [7, 11) is 0. The Balaban J connectivity index is 2.88. The fraction of sp³-hybridized carbons (Fsp3) is 0.333. The first-order valence-electron chi connectivity index (χ1n) is 5.18. The van der Waals surface area contributed by atoms with Crippen molar-refractivity contribution in [3.8, 4) is 0 Å². The second-order valence-corrected chi connectivity index (χ2v) is 4.40. The number of carboxylic acid groups (broad SMARTS) is 1. The number of carbonyl (C=O) groups is 2. The average Bonchev–Trinajstić information content (AvgIpc) is 2.28. The predicted molar refractivity (Wildman–Crippen MR) is 68.5 cm³/mol. The largest absolute Gasteiger partial charge is 0.481 e. The summed E-state index contributed by atoms with van der Waals surface area (Å²) >= 11 is 1.58. The zero-order valence-electron chi connectivity index (χ0n) is 9.84. The van der Waals surface area contributed by atoms with Gasteiger partial charge in [-0.15, -0.1) is 11.8 Å². The van der Waals surface area contributed by atoms with Crippen molar-refractivity contribution in [2.75, 3.05) is 17.7 Å². The monoisotopic (exact) mass is 253 g/mol. The van der Waals surface area contributed by atoms with Gasteiger partial charge in [-0.2, -0.15) is 0 Å². The molecule has 0 aliphatic carbocycles. The lowest BCUT2D eigenvalue weighted by atomic mass is 10.2. The maximum absolute atomic E-state index is 11.5. The van der Waals surface area contributed by atoms with Gasteiger partial charge in [0.05, 0.1) is 6.42 Å². The van der Waals surface area contributed by atoms with E-state index in [1.807, 2.05) is 30.5 Å². The van der Waals surface area contributed by atoms with Crippen LogP contribution in [0.25, 0.3) is 0 Å². The van der Waals surface area contributed by atoms with E-state index in [2.05, 4.69) is 0 Å². The molecule has 0 saturated heterocycles. The van der Waals surface area contributed by atoms with Gasteiger partial charge in [-0.3, -0.25) is 9.59 Å². The van der Waals surface area contributed by atoms with E-state index in [1.54, 1.807) is 11.8 Å². The molecule has 0 bridgehead atoms. The van der Waals surface area contributed by atoms with E-state index in [1.165, 1.54) is 11.8 Å². The summed E-state index contributed by atoms with van der Waals surface area (Å²) in [5, 5.41) is 8.65. The van der Waals surface area contributed by atoms with Crippen LogP contribution in [0.3, 0.4) is 0 Å². The van der Waals surface area contributed by atoms with Gasteiger partial charge < -0.3 is 10.0 Å². The molecule has 5 heteroatoms. The van der Waals surface area contributed by atoms with Crippen LogP contribution in [0.5, 0.6) is 0 Å². The maximum atomic E-state index is 11.5. The van der Waals surface area contributed by atoms with E-state index >= 15 is 0 Å². The number of anilines is 1. The highest BCUT2D eigenvalue weighted by molar-refractivity contribution is 7.98. The van der Waals surface area contributed by atoms with E-state index in [0.717, 1.165) is 10.6 Å². The Morgan fingerprint density at radius 1 is 1.41 bits per heavy atom. The van der Waals surface area contributed by atoms with Gasteiger partial charge in [-0.25, -0.2) is 0 Å². The van der Waals surface area contributed by atoms with E-state index in [4.69, 9.17) is 5.11 Å². The summed E-state index contributed by atoms with van der Waals surface area (Å²) in [5.41, 5.74) is 0.741. The minimum atomic E-state index is -0.905. The minimum Gasteiger partial charge on any atom is -0.481 e. The number of nitrogens with zero attached hydrogens (tertiary/aromatic N) is 1. The molecule has 0 aliphatic rings. The van der Waals surface area contributed by atoms with Crippen LogP contribution in [-0.4, -0.2) is 29.8 Å². The van der Waals surface area contributed by atoms with Gasteiger partial charge in [-0.05, 0) is 24.5 Å². The standard InChI is InChI=1S/C12H15NO3S/c1-9(14)13(7-6-12(15)16)10-4-3-5-11(8-10)17-2/h3-5,8H,6-7H2,1-2H3,(H,15,16). The highest BCUT2D eigenvalue weighted by Crippen LogP contribution is 2.22. The lowest BCUT2D eigenvalue weighted by Crippen LogP contribution is -2.30. The third-order valence-electron chi connectivity index (χ3n) is 2.29. The molecule has 1 aromatic carbocycles. The van der Waals surface area contributed by atoms with Crippen LogP contribution in [0, 0.1) is 0 Å². The van der Waals surface area contributed by atoms with E-state index in [-0.39, 0.29) is 18.9 Å². The van der Waals surface area contributed by atoms with E-state index < -0.39 is 5.97 Å². The molecule has 0 aromatic heterocycles. The van der Waals surface area contributed by atoms with Gasteiger partial charge in [0.25, 0.3) is 0 Å². The Kier molecular flexibility index (Phi) is 5.03. The van der Waals surface area contributed by atoms with Gasteiger partial charge in [0, 0.05) is 24.1 Å². The topological polar surface area (TPSA) is 57.6 Å². The molecule has 0 saturated carbocycles. The average molecular weight is 253 g/mol.